The lowest BCUT2D eigenvalue weighted by molar-refractivity contribution is -0.384. The first-order valence-corrected chi connectivity index (χ1v) is 7.13. The molecule has 0 spiro atoms. The third-order valence-electron chi connectivity index (χ3n) is 3.38. The van der Waals surface area contributed by atoms with Gasteiger partial charge >= 0.3 is 5.63 Å². The molecule has 0 radical (unpaired) electrons. The minimum Gasteiger partial charge on any atom is -0.403 e. The van der Waals surface area contributed by atoms with Crippen molar-refractivity contribution in [1.82, 2.24) is 9.78 Å². The van der Waals surface area contributed by atoms with E-state index in [1.54, 1.807) is 26.0 Å². The van der Waals surface area contributed by atoms with Crippen LogP contribution < -0.4 is 5.63 Å². The molecule has 22 heavy (non-hydrogen) atoms. The van der Waals surface area contributed by atoms with Gasteiger partial charge in [-0.3, -0.25) is 10.1 Å². The largest absolute Gasteiger partial charge is 0.403 e. The molecule has 0 atom stereocenters. The highest BCUT2D eigenvalue weighted by molar-refractivity contribution is 9.10. The standard InChI is InChI=1S/C14H10BrN3O4/c1-7-11-8(2)16-17(13(11)22-14(19)12(7)15)9-4-3-5-10(6-9)18(20)21/h3-6H,1-2H3. The zero-order valence-electron chi connectivity index (χ0n) is 11.7. The van der Waals surface area contributed by atoms with Gasteiger partial charge in [-0.25, -0.2) is 4.79 Å². The van der Waals surface area contributed by atoms with Crippen molar-refractivity contribution in [2.24, 2.45) is 0 Å². The van der Waals surface area contributed by atoms with Crippen molar-refractivity contribution in [3.05, 3.63) is 60.5 Å². The summed E-state index contributed by atoms with van der Waals surface area (Å²) in [5.74, 6) is 0. The Kier molecular flexibility index (Phi) is 3.32. The van der Waals surface area contributed by atoms with Crippen LogP contribution in [0.1, 0.15) is 11.3 Å². The molecule has 0 saturated carbocycles. The van der Waals surface area contributed by atoms with Crippen LogP contribution in [0.15, 0.2) is 37.9 Å². The predicted molar refractivity (Wildman–Crippen MR) is 83.4 cm³/mol. The van der Waals surface area contributed by atoms with E-state index in [0.29, 0.717) is 21.2 Å². The maximum atomic E-state index is 11.9. The summed E-state index contributed by atoms with van der Waals surface area (Å²) in [4.78, 5) is 22.3. The highest BCUT2D eigenvalue weighted by Crippen LogP contribution is 2.28. The average molecular weight is 364 g/mol. The number of benzene rings is 1. The van der Waals surface area contributed by atoms with Crippen LogP contribution >= 0.6 is 15.9 Å². The Hall–Kier alpha value is -2.48. The fourth-order valence-corrected chi connectivity index (χ4v) is 2.62. The average Bonchev–Trinajstić information content (AvgIpc) is 2.81. The lowest BCUT2D eigenvalue weighted by Crippen LogP contribution is -2.04. The Morgan fingerprint density at radius 3 is 2.77 bits per heavy atom. The number of fused-ring (bicyclic) bond motifs is 1. The minimum atomic E-state index is -0.517. The molecule has 2 heterocycles. The molecule has 0 unspecified atom stereocenters. The van der Waals surface area contributed by atoms with Gasteiger partial charge in [-0.15, -0.1) is 0 Å². The highest BCUT2D eigenvalue weighted by Gasteiger charge is 2.19. The van der Waals surface area contributed by atoms with Gasteiger partial charge in [-0.05, 0) is 41.4 Å². The van der Waals surface area contributed by atoms with E-state index in [4.69, 9.17) is 4.42 Å². The molecule has 0 aliphatic carbocycles. The van der Waals surface area contributed by atoms with Crippen molar-refractivity contribution in [1.29, 1.82) is 0 Å². The number of rotatable bonds is 2. The fraction of sp³-hybridized carbons (Fsp3) is 0.143. The smallest absolute Gasteiger partial charge is 0.352 e. The topological polar surface area (TPSA) is 91.2 Å². The molecule has 1 aromatic carbocycles. The van der Waals surface area contributed by atoms with E-state index in [0.717, 1.165) is 5.56 Å². The summed E-state index contributed by atoms with van der Waals surface area (Å²) < 4.78 is 7.06. The number of nitrogens with zero attached hydrogens (tertiary/aromatic N) is 3. The molecule has 0 N–H and O–H groups in total. The van der Waals surface area contributed by atoms with Crippen LogP contribution in [0.2, 0.25) is 0 Å². The highest BCUT2D eigenvalue weighted by atomic mass is 79.9. The van der Waals surface area contributed by atoms with Gasteiger partial charge in [0.15, 0.2) is 0 Å². The maximum absolute atomic E-state index is 11.9. The summed E-state index contributed by atoms with van der Waals surface area (Å²) in [5.41, 5.74) is 1.54. The van der Waals surface area contributed by atoms with Crippen LogP contribution in [-0.4, -0.2) is 14.7 Å². The molecular formula is C14H10BrN3O4. The Morgan fingerprint density at radius 1 is 1.36 bits per heavy atom. The van der Waals surface area contributed by atoms with Crippen molar-refractivity contribution in [2.45, 2.75) is 13.8 Å². The number of halogens is 1. The van der Waals surface area contributed by atoms with E-state index >= 15 is 0 Å². The van der Waals surface area contributed by atoms with Crippen molar-refractivity contribution >= 4 is 32.7 Å². The molecular weight excluding hydrogens is 354 g/mol. The van der Waals surface area contributed by atoms with Crippen LogP contribution in [0.5, 0.6) is 0 Å². The Morgan fingerprint density at radius 2 is 2.09 bits per heavy atom. The first kappa shape index (κ1) is 14.5. The first-order valence-electron chi connectivity index (χ1n) is 6.33. The summed E-state index contributed by atoms with van der Waals surface area (Å²) >= 11 is 3.20. The molecule has 7 nitrogen and oxygen atoms in total. The normalized spacial score (nSPS) is 11.0. The van der Waals surface area contributed by atoms with Gasteiger partial charge in [0.2, 0.25) is 5.71 Å². The van der Waals surface area contributed by atoms with Crippen LogP contribution in [0.4, 0.5) is 5.69 Å². The zero-order valence-corrected chi connectivity index (χ0v) is 13.2. The minimum absolute atomic E-state index is 0.0602. The van der Waals surface area contributed by atoms with Gasteiger partial charge in [0.25, 0.3) is 5.69 Å². The van der Waals surface area contributed by atoms with Gasteiger partial charge in [0.05, 0.1) is 21.7 Å². The van der Waals surface area contributed by atoms with Gasteiger partial charge in [0.1, 0.15) is 4.47 Å². The van der Waals surface area contributed by atoms with E-state index in [-0.39, 0.29) is 11.4 Å². The molecule has 0 aliphatic heterocycles. The number of aromatic nitrogens is 2. The van der Waals surface area contributed by atoms with E-state index in [1.165, 1.54) is 16.8 Å². The van der Waals surface area contributed by atoms with Gasteiger partial charge in [-0.1, -0.05) is 6.07 Å². The van der Waals surface area contributed by atoms with Crippen LogP contribution in [0.3, 0.4) is 0 Å². The van der Waals surface area contributed by atoms with Crippen LogP contribution in [0, 0.1) is 24.0 Å². The van der Waals surface area contributed by atoms with Crippen LogP contribution in [0.25, 0.3) is 16.8 Å². The van der Waals surface area contributed by atoms with Gasteiger partial charge < -0.3 is 4.42 Å². The molecule has 3 aromatic rings. The summed E-state index contributed by atoms with van der Waals surface area (Å²) in [6, 6.07) is 5.99. The third kappa shape index (κ3) is 2.12. The van der Waals surface area contributed by atoms with Gasteiger partial charge in [-0.2, -0.15) is 9.78 Å². The number of hydrogen-bond donors (Lipinski definition) is 0. The molecule has 0 bridgehead atoms. The zero-order chi connectivity index (χ0) is 16.0. The maximum Gasteiger partial charge on any atom is 0.352 e. The predicted octanol–water partition coefficient (Wildman–Crippen LogP) is 3.27. The molecule has 3 rings (SSSR count). The molecule has 0 aliphatic rings. The van der Waals surface area contributed by atoms with Crippen LogP contribution in [-0.2, 0) is 0 Å². The molecule has 0 fully saturated rings. The molecule has 0 amide bonds. The first-order chi connectivity index (χ1) is 10.4. The molecule has 112 valence electrons. The lowest BCUT2D eigenvalue weighted by atomic mass is 10.2. The van der Waals surface area contributed by atoms with E-state index < -0.39 is 10.5 Å². The summed E-state index contributed by atoms with van der Waals surface area (Å²) in [5, 5.41) is 16.0. The molecule has 0 saturated heterocycles. The number of hydrogen-bond acceptors (Lipinski definition) is 5. The summed E-state index contributed by atoms with van der Waals surface area (Å²) in [7, 11) is 0. The van der Waals surface area contributed by atoms with Gasteiger partial charge in [0, 0.05) is 12.1 Å². The van der Waals surface area contributed by atoms with Crippen molar-refractivity contribution in [3.8, 4) is 5.69 Å². The van der Waals surface area contributed by atoms with E-state index in [9.17, 15) is 14.9 Å². The quantitative estimate of drug-likeness (QED) is 0.514. The van der Waals surface area contributed by atoms with Crippen molar-refractivity contribution in [3.63, 3.8) is 0 Å². The number of aryl methyl sites for hydroxylation is 2. The number of nitro groups is 1. The Balaban J connectivity index is 2.35. The monoisotopic (exact) mass is 363 g/mol. The fourth-order valence-electron chi connectivity index (χ4n) is 2.34. The number of non-ortho nitro benzene ring substituents is 1. The molecule has 2 aromatic heterocycles. The second-order valence-corrected chi connectivity index (χ2v) is 5.58. The van der Waals surface area contributed by atoms with Crippen molar-refractivity contribution < 1.29 is 9.34 Å². The second-order valence-electron chi connectivity index (χ2n) is 4.78. The Labute approximate surface area is 132 Å². The van der Waals surface area contributed by atoms with Crippen molar-refractivity contribution in [2.75, 3.05) is 0 Å². The SMILES string of the molecule is Cc1nn(-c2cccc([N+](=O)[O-])c2)c2oc(=O)c(Br)c(C)c12. The third-order valence-corrected chi connectivity index (χ3v) is 4.29. The summed E-state index contributed by atoms with van der Waals surface area (Å²) in [6.07, 6.45) is 0. The summed E-state index contributed by atoms with van der Waals surface area (Å²) in [6.45, 7) is 3.57. The second kappa shape index (κ2) is 5.06. The lowest BCUT2D eigenvalue weighted by Gasteiger charge is -2.03. The molecule has 8 heteroatoms. The number of nitro benzene ring substituents is 1. The van der Waals surface area contributed by atoms with E-state index in [1.807, 2.05) is 0 Å². The Bertz CT molecular complexity index is 974. The van der Waals surface area contributed by atoms with E-state index in [2.05, 4.69) is 21.0 Å².